The highest BCUT2D eigenvalue weighted by atomic mass is 32.2. The van der Waals surface area contributed by atoms with E-state index in [0.29, 0.717) is 35.5 Å². The maximum absolute atomic E-state index is 13.8. The first-order valence-corrected chi connectivity index (χ1v) is 15.6. The lowest BCUT2D eigenvalue weighted by Crippen LogP contribution is -2.37. The number of anilines is 1. The normalized spacial score (nSPS) is 12.4. The summed E-state index contributed by atoms with van der Waals surface area (Å²) < 4.78 is 35.0. The Kier molecular flexibility index (Phi) is 8.93. The van der Waals surface area contributed by atoms with Gasteiger partial charge in [-0.2, -0.15) is 4.31 Å². The number of amides is 1. The molecule has 4 rings (SSSR count). The van der Waals surface area contributed by atoms with E-state index in [1.54, 1.807) is 29.4 Å². The molecule has 4 aromatic rings. The molecule has 0 radical (unpaired) electrons. The number of sulfonamides is 1. The molecule has 0 saturated heterocycles. The van der Waals surface area contributed by atoms with E-state index in [9.17, 15) is 13.2 Å². The molecule has 2 heterocycles. The van der Waals surface area contributed by atoms with Crippen LogP contribution in [0.1, 0.15) is 69.1 Å². The molecule has 2 aromatic carbocycles. The third-order valence-electron chi connectivity index (χ3n) is 6.31. The van der Waals surface area contributed by atoms with Gasteiger partial charge in [0.2, 0.25) is 10.0 Å². The SMILES string of the molecule is CC(C)CN(CC(C)C)S(=O)(=O)c1ccc(C(=O)N(Cc2ccco2)c2nc3c(C(C)C)cccc3s2)cc1. The van der Waals surface area contributed by atoms with E-state index in [1.165, 1.54) is 27.8 Å². The molecule has 0 bridgehead atoms. The first-order chi connectivity index (χ1) is 18.5. The van der Waals surface area contributed by atoms with Crippen LogP contribution in [-0.4, -0.2) is 36.7 Å². The van der Waals surface area contributed by atoms with E-state index >= 15 is 0 Å². The summed E-state index contributed by atoms with van der Waals surface area (Å²) in [5.41, 5.74) is 2.40. The second-order valence-corrected chi connectivity index (χ2v) is 13.9. The molecular formula is C30H37N3O4S2. The highest BCUT2D eigenvalue weighted by molar-refractivity contribution is 7.89. The fourth-order valence-corrected chi connectivity index (χ4v) is 7.25. The van der Waals surface area contributed by atoms with E-state index in [4.69, 9.17) is 9.40 Å². The van der Waals surface area contributed by atoms with Crippen molar-refractivity contribution in [2.45, 2.75) is 58.9 Å². The monoisotopic (exact) mass is 567 g/mol. The number of nitrogens with zero attached hydrogens (tertiary/aromatic N) is 3. The van der Waals surface area contributed by atoms with E-state index < -0.39 is 10.0 Å². The second kappa shape index (κ2) is 12.0. The highest BCUT2D eigenvalue weighted by Gasteiger charge is 2.28. The maximum atomic E-state index is 13.8. The molecule has 0 atom stereocenters. The summed E-state index contributed by atoms with van der Waals surface area (Å²) in [4.78, 5) is 20.5. The van der Waals surface area contributed by atoms with Crippen molar-refractivity contribution in [1.29, 1.82) is 0 Å². The van der Waals surface area contributed by atoms with Crippen LogP contribution in [0.15, 0.2) is 70.2 Å². The number of furan rings is 1. The Morgan fingerprint density at radius 3 is 2.15 bits per heavy atom. The number of carbonyl (C=O) groups excluding carboxylic acids is 1. The van der Waals surface area contributed by atoms with Crippen molar-refractivity contribution in [2.24, 2.45) is 11.8 Å². The molecule has 0 aliphatic carbocycles. The zero-order valence-electron chi connectivity index (χ0n) is 23.4. The molecular weight excluding hydrogens is 530 g/mol. The molecule has 7 nitrogen and oxygen atoms in total. The molecule has 9 heteroatoms. The summed E-state index contributed by atoms with van der Waals surface area (Å²) in [6, 6.07) is 15.9. The Bertz CT molecular complexity index is 1500. The lowest BCUT2D eigenvalue weighted by molar-refractivity contribution is 0.0983. The average molecular weight is 568 g/mol. The second-order valence-electron chi connectivity index (χ2n) is 10.9. The number of aromatic nitrogens is 1. The number of rotatable bonds is 11. The highest BCUT2D eigenvalue weighted by Crippen LogP contribution is 2.35. The van der Waals surface area contributed by atoms with E-state index in [2.05, 4.69) is 19.9 Å². The third-order valence-corrected chi connectivity index (χ3v) is 9.20. The first kappa shape index (κ1) is 29.0. The lowest BCUT2D eigenvalue weighted by Gasteiger charge is -2.26. The van der Waals surface area contributed by atoms with Crippen LogP contribution >= 0.6 is 11.3 Å². The van der Waals surface area contributed by atoms with E-state index in [0.717, 1.165) is 15.8 Å². The van der Waals surface area contributed by atoms with Gasteiger partial charge in [-0.3, -0.25) is 9.69 Å². The van der Waals surface area contributed by atoms with Gasteiger partial charge in [-0.05, 0) is 65.8 Å². The van der Waals surface area contributed by atoms with Gasteiger partial charge in [-0.25, -0.2) is 13.4 Å². The van der Waals surface area contributed by atoms with Gasteiger partial charge in [0.05, 0.1) is 27.9 Å². The van der Waals surface area contributed by atoms with Gasteiger partial charge in [0.1, 0.15) is 5.76 Å². The molecule has 0 aliphatic rings. The Balaban J connectivity index is 1.68. The van der Waals surface area contributed by atoms with Gasteiger partial charge in [0, 0.05) is 18.7 Å². The predicted molar refractivity (Wildman–Crippen MR) is 158 cm³/mol. The minimum absolute atomic E-state index is 0.180. The van der Waals surface area contributed by atoms with Crippen LogP contribution in [0.5, 0.6) is 0 Å². The van der Waals surface area contributed by atoms with Gasteiger partial charge < -0.3 is 4.42 Å². The van der Waals surface area contributed by atoms with Crippen molar-refractivity contribution in [2.75, 3.05) is 18.0 Å². The van der Waals surface area contributed by atoms with Crippen molar-refractivity contribution in [3.8, 4) is 0 Å². The predicted octanol–water partition coefficient (Wildman–Crippen LogP) is 7.16. The Hall–Kier alpha value is -3.01. The van der Waals surface area contributed by atoms with Crippen LogP contribution in [0, 0.1) is 11.8 Å². The first-order valence-electron chi connectivity index (χ1n) is 13.3. The molecule has 0 fully saturated rings. The lowest BCUT2D eigenvalue weighted by atomic mass is 10.0. The number of thiazole rings is 1. The topological polar surface area (TPSA) is 83.7 Å². The van der Waals surface area contributed by atoms with Crippen molar-refractivity contribution < 1.29 is 17.6 Å². The zero-order valence-corrected chi connectivity index (χ0v) is 25.1. The number of para-hydroxylation sites is 1. The van der Waals surface area contributed by atoms with Crippen LogP contribution in [0.25, 0.3) is 10.2 Å². The molecule has 39 heavy (non-hydrogen) atoms. The molecule has 2 aromatic heterocycles. The summed E-state index contributed by atoms with van der Waals surface area (Å²) in [5, 5.41) is 0.566. The van der Waals surface area contributed by atoms with Crippen molar-refractivity contribution >= 4 is 42.6 Å². The number of hydrogen-bond donors (Lipinski definition) is 0. The Morgan fingerprint density at radius 2 is 1.59 bits per heavy atom. The maximum Gasteiger partial charge on any atom is 0.260 e. The van der Waals surface area contributed by atoms with Crippen LogP contribution in [0.4, 0.5) is 5.13 Å². The molecule has 208 valence electrons. The summed E-state index contributed by atoms with van der Waals surface area (Å²) >= 11 is 1.45. The van der Waals surface area contributed by atoms with Crippen LogP contribution in [0.2, 0.25) is 0 Å². The Morgan fingerprint density at radius 1 is 0.923 bits per heavy atom. The number of fused-ring (bicyclic) bond motifs is 1. The molecule has 0 saturated carbocycles. The van der Waals surface area contributed by atoms with Crippen molar-refractivity contribution in [1.82, 2.24) is 9.29 Å². The van der Waals surface area contributed by atoms with Crippen LogP contribution in [0.3, 0.4) is 0 Å². The van der Waals surface area contributed by atoms with Gasteiger partial charge in [0.15, 0.2) is 5.13 Å². The fraction of sp³-hybridized carbons (Fsp3) is 0.400. The summed E-state index contributed by atoms with van der Waals surface area (Å²) in [6.07, 6.45) is 1.58. The number of benzene rings is 2. The molecule has 0 aliphatic heterocycles. The smallest absolute Gasteiger partial charge is 0.260 e. The zero-order chi connectivity index (χ0) is 28.3. The van der Waals surface area contributed by atoms with Crippen molar-refractivity contribution in [3.05, 3.63) is 77.7 Å². The van der Waals surface area contributed by atoms with Gasteiger partial charge in [-0.1, -0.05) is 65.0 Å². The van der Waals surface area contributed by atoms with Gasteiger partial charge in [-0.15, -0.1) is 0 Å². The fourth-order valence-electron chi connectivity index (χ4n) is 4.48. The number of carbonyl (C=O) groups is 1. The quantitative estimate of drug-likeness (QED) is 0.192. The van der Waals surface area contributed by atoms with E-state index in [-0.39, 0.29) is 29.2 Å². The minimum atomic E-state index is -3.69. The molecule has 1 amide bonds. The van der Waals surface area contributed by atoms with Crippen LogP contribution in [-0.2, 0) is 16.6 Å². The minimum Gasteiger partial charge on any atom is -0.467 e. The van der Waals surface area contributed by atoms with Crippen LogP contribution < -0.4 is 4.90 Å². The molecule has 0 N–H and O–H groups in total. The third kappa shape index (κ3) is 6.59. The largest absolute Gasteiger partial charge is 0.467 e. The molecule has 0 unspecified atom stereocenters. The molecule has 0 spiro atoms. The Labute approximate surface area is 235 Å². The van der Waals surface area contributed by atoms with E-state index in [1.807, 2.05) is 45.9 Å². The van der Waals surface area contributed by atoms with Gasteiger partial charge in [0.25, 0.3) is 5.91 Å². The van der Waals surface area contributed by atoms with Crippen molar-refractivity contribution in [3.63, 3.8) is 0 Å². The summed E-state index contributed by atoms with van der Waals surface area (Å²) in [6.45, 7) is 13.3. The standard InChI is InChI=1S/C30H37N3O4S2/c1-20(2)17-32(18-21(3)4)39(35,36)25-14-12-23(13-15-25)29(34)33(19-24-9-8-16-37-24)30-31-28-26(22(5)6)10-7-11-27(28)38-30/h7-16,20-22H,17-19H2,1-6H3. The number of hydrogen-bond acceptors (Lipinski definition) is 6. The average Bonchev–Trinajstić information content (AvgIpc) is 3.55. The van der Waals surface area contributed by atoms with Gasteiger partial charge >= 0.3 is 0 Å². The summed E-state index contributed by atoms with van der Waals surface area (Å²) in [7, 11) is -3.69. The summed E-state index contributed by atoms with van der Waals surface area (Å²) in [5.74, 6) is 1.03.